The van der Waals surface area contributed by atoms with Crippen LogP contribution in [0.25, 0.3) is 72.0 Å². The van der Waals surface area contributed by atoms with Crippen molar-refractivity contribution >= 4 is 38.9 Å². The molecule has 1 aromatic heterocycles. The first-order valence-corrected chi connectivity index (χ1v) is 20.5. The molecule has 0 unspecified atom stereocenters. The SMILES string of the molecule is CC1(C)c2ccccc2-c2ccc(N(c3ccc(-c4ccccc4)cc3)c3ccc(-c4ccccc4-n4c5ccccc5c5ccccc54)c(-c4ccccc4)c3)cc21. The van der Waals surface area contributed by atoms with Gasteiger partial charge in [-0.25, -0.2) is 0 Å². The highest BCUT2D eigenvalue weighted by molar-refractivity contribution is 6.10. The van der Waals surface area contributed by atoms with Crippen LogP contribution in [0, 0.1) is 0 Å². The fourth-order valence-corrected chi connectivity index (χ4v) is 9.55. The van der Waals surface area contributed by atoms with Gasteiger partial charge in [0.2, 0.25) is 0 Å². The Morgan fingerprint density at radius 3 is 1.53 bits per heavy atom. The van der Waals surface area contributed by atoms with Crippen molar-refractivity contribution in [2.45, 2.75) is 19.3 Å². The van der Waals surface area contributed by atoms with Gasteiger partial charge in [-0.05, 0) is 105 Å². The molecule has 10 aromatic rings. The van der Waals surface area contributed by atoms with Crippen LogP contribution in [0.1, 0.15) is 25.0 Å². The Morgan fingerprint density at radius 1 is 0.339 bits per heavy atom. The summed E-state index contributed by atoms with van der Waals surface area (Å²) in [5, 5.41) is 2.51. The lowest BCUT2D eigenvalue weighted by Gasteiger charge is -2.29. The van der Waals surface area contributed by atoms with Crippen molar-refractivity contribution in [2.75, 3.05) is 4.90 Å². The van der Waals surface area contributed by atoms with Crippen LogP contribution < -0.4 is 4.90 Å². The molecule has 0 saturated heterocycles. The minimum atomic E-state index is -0.125. The smallest absolute Gasteiger partial charge is 0.0541 e. The second kappa shape index (κ2) is 13.9. The lowest BCUT2D eigenvalue weighted by Crippen LogP contribution is -2.16. The van der Waals surface area contributed by atoms with E-state index in [1.54, 1.807) is 0 Å². The summed E-state index contributed by atoms with van der Waals surface area (Å²) >= 11 is 0. The number of fused-ring (bicyclic) bond motifs is 6. The Hall–Kier alpha value is -7.42. The maximum absolute atomic E-state index is 2.44. The topological polar surface area (TPSA) is 8.17 Å². The van der Waals surface area contributed by atoms with Crippen molar-refractivity contribution in [1.29, 1.82) is 0 Å². The molecule has 0 atom stereocenters. The van der Waals surface area contributed by atoms with Gasteiger partial charge in [0.15, 0.2) is 0 Å². The molecule has 0 bridgehead atoms. The lowest BCUT2D eigenvalue weighted by molar-refractivity contribution is 0.660. The third-order valence-corrected chi connectivity index (χ3v) is 12.4. The lowest BCUT2D eigenvalue weighted by atomic mass is 9.82. The molecule has 0 saturated carbocycles. The van der Waals surface area contributed by atoms with Crippen LogP contribution in [0.4, 0.5) is 17.1 Å². The Labute approximate surface area is 345 Å². The second-order valence-corrected chi connectivity index (χ2v) is 16.1. The molecule has 1 heterocycles. The van der Waals surface area contributed by atoms with Crippen LogP contribution in [0.15, 0.2) is 218 Å². The molecule has 0 N–H and O–H groups in total. The van der Waals surface area contributed by atoms with Crippen molar-refractivity contribution in [2.24, 2.45) is 0 Å². The van der Waals surface area contributed by atoms with Gasteiger partial charge in [0.25, 0.3) is 0 Å². The highest BCUT2D eigenvalue weighted by Crippen LogP contribution is 2.51. The molecule has 0 aliphatic heterocycles. The van der Waals surface area contributed by atoms with Gasteiger partial charge in [-0.2, -0.15) is 0 Å². The number of benzene rings is 9. The summed E-state index contributed by atoms with van der Waals surface area (Å²) in [5.74, 6) is 0. The summed E-state index contributed by atoms with van der Waals surface area (Å²) in [4.78, 5) is 2.43. The number of aromatic nitrogens is 1. The third kappa shape index (κ3) is 5.71. The summed E-state index contributed by atoms with van der Waals surface area (Å²) in [5.41, 5.74) is 19.3. The van der Waals surface area contributed by atoms with Gasteiger partial charge in [-0.3, -0.25) is 0 Å². The minimum absolute atomic E-state index is 0.125. The molecule has 2 nitrogen and oxygen atoms in total. The van der Waals surface area contributed by atoms with Crippen LogP contribution in [0.5, 0.6) is 0 Å². The van der Waals surface area contributed by atoms with Crippen molar-refractivity contribution in [1.82, 2.24) is 4.57 Å². The number of hydrogen-bond acceptors (Lipinski definition) is 1. The Balaban J connectivity index is 1.12. The van der Waals surface area contributed by atoms with E-state index in [4.69, 9.17) is 0 Å². The maximum atomic E-state index is 2.44. The van der Waals surface area contributed by atoms with Gasteiger partial charge in [-0.15, -0.1) is 0 Å². The predicted octanol–water partition coefficient (Wildman–Crippen LogP) is 15.6. The Bertz CT molecular complexity index is 3120. The fraction of sp³-hybridized carbons (Fsp3) is 0.0526. The number of para-hydroxylation sites is 3. The molecule has 1 aliphatic rings. The second-order valence-electron chi connectivity index (χ2n) is 16.1. The van der Waals surface area contributed by atoms with E-state index in [9.17, 15) is 0 Å². The van der Waals surface area contributed by atoms with Crippen LogP contribution in [0.2, 0.25) is 0 Å². The highest BCUT2D eigenvalue weighted by Gasteiger charge is 2.35. The normalized spacial score (nSPS) is 12.7. The first-order valence-electron chi connectivity index (χ1n) is 20.5. The van der Waals surface area contributed by atoms with Gasteiger partial charge < -0.3 is 9.47 Å². The van der Waals surface area contributed by atoms with Crippen molar-refractivity contribution < 1.29 is 0 Å². The largest absolute Gasteiger partial charge is 0.310 e. The van der Waals surface area contributed by atoms with E-state index >= 15 is 0 Å². The van der Waals surface area contributed by atoms with Crippen molar-refractivity contribution in [3.63, 3.8) is 0 Å². The number of nitrogens with zero attached hydrogens (tertiary/aromatic N) is 2. The summed E-state index contributed by atoms with van der Waals surface area (Å²) < 4.78 is 2.44. The zero-order valence-corrected chi connectivity index (χ0v) is 33.2. The zero-order chi connectivity index (χ0) is 39.5. The molecule has 0 spiro atoms. The van der Waals surface area contributed by atoms with E-state index < -0.39 is 0 Å². The van der Waals surface area contributed by atoms with E-state index in [-0.39, 0.29) is 5.41 Å². The van der Waals surface area contributed by atoms with Crippen LogP contribution in [-0.4, -0.2) is 4.57 Å². The Kier molecular flexibility index (Phi) is 8.20. The van der Waals surface area contributed by atoms with E-state index in [0.717, 1.165) is 22.7 Å². The van der Waals surface area contributed by atoms with E-state index in [1.807, 2.05) is 0 Å². The summed E-state index contributed by atoms with van der Waals surface area (Å²) in [6.45, 7) is 4.72. The van der Waals surface area contributed by atoms with E-state index in [2.05, 4.69) is 242 Å². The average Bonchev–Trinajstić information content (AvgIpc) is 3.75. The van der Waals surface area contributed by atoms with Gasteiger partial charge in [0.1, 0.15) is 0 Å². The van der Waals surface area contributed by atoms with Gasteiger partial charge in [0, 0.05) is 38.8 Å². The molecule has 1 aliphatic carbocycles. The van der Waals surface area contributed by atoms with E-state index in [1.165, 1.54) is 77.4 Å². The molecule has 0 radical (unpaired) electrons. The molecular formula is C57H42N2. The van der Waals surface area contributed by atoms with Crippen molar-refractivity contribution in [3.05, 3.63) is 230 Å². The summed E-state index contributed by atoms with van der Waals surface area (Å²) in [6, 6.07) is 79.9. The summed E-state index contributed by atoms with van der Waals surface area (Å²) in [6.07, 6.45) is 0. The van der Waals surface area contributed by atoms with Crippen molar-refractivity contribution in [3.8, 4) is 50.2 Å². The highest BCUT2D eigenvalue weighted by atomic mass is 15.1. The van der Waals surface area contributed by atoms with Crippen LogP contribution in [0.3, 0.4) is 0 Å². The monoisotopic (exact) mass is 754 g/mol. The standard InChI is InChI=1S/C57H42N2/c1-57(2)52-25-13-9-21-46(52)47-36-34-44(38-53(47)57)58(42-31-29-40(30-32-42)39-17-5-3-6-18-39)43-33-35-45(51(37-43)41-19-7-4-8-20-41)48-22-10-14-26-54(48)59-55-27-15-11-23-49(55)50-24-12-16-28-56(50)59/h3-38H,1-2H3. The minimum Gasteiger partial charge on any atom is -0.310 e. The molecule has 2 heteroatoms. The first-order chi connectivity index (χ1) is 29.0. The van der Waals surface area contributed by atoms with Gasteiger partial charge in [-0.1, -0.05) is 178 Å². The third-order valence-electron chi connectivity index (χ3n) is 12.4. The van der Waals surface area contributed by atoms with Crippen LogP contribution in [-0.2, 0) is 5.41 Å². The predicted molar refractivity (Wildman–Crippen MR) is 249 cm³/mol. The first kappa shape index (κ1) is 34.8. The number of anilines is 3. The molecule has 59 heavy (non-hydrogen) atoms. The quantitative estimate of drug-likeness (QED) is 0.157. The van der Waals surface area contributed by atoms with Gasteiger partial charge >= 0.3 is 0 Å². The van der Waals surface area contributed by atoms with Crippen LogP contribution >= 0.6 is 0 Å². The molecule has 11 rings (SSSR count). The number of hydrogen-bond donors (Lipinski definition) is 0. The van der Waals surface area contributed by atoms with E-state index in [0.29, 0.717) is 0 Å². The molecule has 0 amide bonds. The zero-order valence-electron chi connectivity index (χ0n) is 33.2. The maximum Gasteiger partial charge on any atom is 0.0541 e. The molecular weight excluding hydrogens is 713 g/mol. The molecule has 0 fully saturated rings. The summed E-state index contributed by atoms with van der Waals surface area (Å²) in [7, 11) is 0. The number of rotatable bonds is 7. The van der Waals surface area contributed by atoms with Gasteiger partial charge in [0.05, 0.1) is 16.7 Å². The fourth-order valence-electron chi connectivity index (χ4n) is 9.55. The molecule has 9 aromatic carbocycles. The molecule has 280 valence electrons. The average molecular weight is 755 g/mol. The Morgan fingerprint density at radius 2 is 0.831 bits per heavy atom.